The quantitative estimate of drug-likeness (QED) is 0.547. The highest BCUT2D eigenvalue weighted by atomic mass is 16.5. The molecule has 0 saturated carbocycles. The number of hydrogen-bond donors (Lipinski definition) is 1. The molecule has 0 aliphatic carbocycles. The first kappa shape index (κ1) is 20.5. The minimum absolute atomic E-state index is 0.146. The van der Waals surface area contributed by atoms with Gasteiger partial charge in [0, 0.05) is 25.3 Å². The van der Waals surface area contributed by atoms with Gasteiger partial charge in [-0.25, -0.2) is 4.68 Å². The molecule has 0 aliphatic heterocycles. The fraction of sp³-hybridized carbons (Fsp3) is 0.400. The minimum atomic E-state index is -0.474. The molecular formula is C20H24N4O5. The molecule has 9 heteroatoms. The van der Waals surface area contributed by atoms with Crippen molar-refractivity contribution >= 4 is 16.8 Å². The molecule has 0 bridgehead atoms. The molecular weight excluding hydrogens is 376 g/mol. The number of nitrogens with one attached hydrogen (secondary N) is 1. The van der Waals surface area contributed by atoms with E-state index in [1.165, 1.54) is 0 Å². The van der Waals surface area contributed by atoms with Gasteiger partial charge in [0.1, 0.15) is 23.7 Å². The van der Waals surface area contributed by atoms with E-state index in [2.05, 4.69) is 15.6 Å². The molecule has 9 nitrogen and oxygen atoms in total. The van der Waals surface area contributed by atoms with Crippen LogP contribution < -0.4 is 15.6 Å². The second kappa shape index (κ2) is 9.33. The lowest BCUT2D eigenvalue weighted by atomic mass is 10.1. The van der Waals surface area contributed by atoms with Crippen LogP contribution >= 0.6 is 0 Å². The van der Waals surface area contributed by atoms with Gasteiger partial charge < -0.3 is 19.3 Å². The Hall–Kier alpha value is -3.20. The Kier molecular flexibility index (Phi) is 6.61. The van der Waals surface area contributed by atoms with Crippen molar-refractivity contribution < 1.29 is 18.8 Å². The number of nitrogens with zero attached hydrogens (tertiary/aromatic N) is 3. The van der Waals surface area contributed by atoms with Gasteiger partial charge in [-0.3, -0.25) is 9.59 Å². The van der Waals surface area contributed by atoms with E-state index < -0.39 is 5.56 Å². The number of rotatable bonds is 9. The Balaban J connectivity index is 1.89. The van der Waals surface area contributed by atoms with Crippen LogP contribution in [0, 0.1) is 6.92 Å². The Morgan fingerprint density at radius 2 is 2.03 bits per heavy atom. The molecule has 2 aromatic heterocycles. The normalized spacial score (nSPS) is 11.0. The molecule has 0 saturated heterocycles. The minimum Gasteiger partial charge on any atom is -0.497 e. The third kappa shape index (κ3) is 4.62. The van der Waals surface area contributed by atoms with Gasteiger partial charge in [0.2, 0.25) is 5.91 Å². The van der Waals surface area contributed by atoms with E-state index >= 15 is 0 Å². The summed E-state index contributed by atoms with van der Waals surface area (Å²) in [7, 11) is 1.59. The van der Waals surface area contributed by atoms with Crippen molar-refractivity contribution in [2.24, 2.45) is 0 Å². The monoisotopic (exact) mass is 400 g/mol. The average molecular weight is 400 g/mol. The summed E-state index contributed by atoms with van der Waals surface area (Å²) in [6.07, 6.45) is 0.695. The van der Waals surface area contributed by atoms with Crippen LogP contribution in [0.2, 0.25) is 0 Å². The highest BCUT2D eigenvalue weighted by Crippen LogP contribution is 2.28. The molecule has 1 N–H and O–H groups in total. The fourth-order valence-corrected chi connectivity index (χ4v) is 2.93. The summed E-state index contributed by atoms with van der Waals surface area (Å²) >= 11 is 0. The second-order valence-corrected chi connectivity index (χ2v) is 6.40. The molecule has 1 aromatic carbocycles. The van der Waals surface area contributed by atoms with Gasteiger partial charge >= 0.3 is 0 Å². The maximum Gasteiger partial charge on any atom is 0.297 e. The van der Waals surface area contributed by atoms with Gasteiger partial charge in [-0.1, -0.05) is 5.16 Å². The third-order valence-corrected chi connectivity index (χ3v) is 4.41. The van der Waals surface area contributed by atoms with Crippen molar-refractivity contribution in [2.75, 3.05) is 26.9 Å². The Bertz CT molecular complexity index is 1040. The first-order chi connectivity index (χ1) is 14.0. The van der Waals surface area contributed by atoms with Gasteiger partial charge in [-0.15, -0.1) is 0 Å². The number of hydrogen-bond acceptors (Lipinski definition) is 7. The number of methoxy groups -OCH3 is 1. The molecule has 1 amide bonds. The number of aromatic nitrogens is 3. The number of aryl methyl sites for hydroxylation is 1. The van der Waals surface area contributed by atoms with Gasteiger partial charge in [0.05, 0.1) is 12.5 Å². The number of carbonyl (C=O) groups is 1. The van der Waals surface area contributed by atoms with Crippen LogP contribution in [0.3, 0.4) is 0 Å². The molecule has 29 heavy (non-hydrogen) atoms. The molecule has 0 spiro atoms. The van der Waals surface area contributed by atoms with E-state index in [0.29, 0.717) is 48.8 Å². The third-order valence-electron chi connectivity index (χ3n) is 4.41. The zero-order valence-electron chi connectivity index (χ0n) is 16.7. The van der Waals surface area contributed by atoms with Crippen molar-refractivity contribution in [3.8, 4) is 17.0 Å². The number of fused-ring (bicyclic) bond motifs is 1. The maximum absolute atomic E-state index is 12.7. The van der Waals surface area contributed by atoms with Gasteiger partial charge in [-0.2, -0.15) is 5.10 Å². The van der Waals surface area contributed by atoms with Crippen LogP contribution in [0.1, 0.15) is 19.1 Å². The number of ether oxygens (including phenoxy) is 2. The summed E-state index contributed by atoms with van der Waals surface area (Å²) in [6.45, 7) is 5.10. The first-order valence-electron chi connectivity index (χ1n) is 9.41. The van der Waals surface area contributed by atoms with Crippen LogP contribution in [0.4, 0.5) is 0 Å². The lowest BCUT2D eigenvalue weighted by molar-refractivity contribution is -0.121. The smallest absolute Gasteiger partial charge is 0.297 e. The summed E-state index contributed by atoms with van der Waals surface area (Å²) in [5.74, 6) is 0.881. The van der Waals surface area contributed by atoms with E-state index in [0.717, 1.165) is 10.2 Å². The molecule has 154 valence electrons. The lowest BCUT2D eigenvalue weighted by Gasteiger charge is -2.10. The largest absolute Gasteiger partial charge is 0.497 e. The van der Waals surface area contributed by atoms with E-state index in [1.54, 1.807) is 26.2 Å². The predicted molar refractivity (Wildman–Crippen MR) is 107 cm³/mol. The standard InChI is InChI=1S/C20H24N4O5/c1-4-28-11-5-10-21-16(25)12-24-20(26)19-17(13(2)29-23-19)18(22-24)14-6-8-15(27-3)9-7-14/h6-9H,4-5,10-12H2,1-3H3,(H,21,25). The molecule has 3 rings (SSSR count). The molecule has 0 unspecified atom stereocenters. The fourth-order valence-electron chi connectivity index (χ4n) is 2.93. The van der Waals surface area contributed by atoms with E-state index in [4.69, 9.17) is 14.0 Å². The molecule has 0 fully saturated rings. The maximum atomic E-state index is 12.7. The summed E-state index contributed by atoms with van der Waals surface area (Å²) in [5.41, 5.74) is 0.948. The van der Waals surface area contributed by atoms with Crippen LogP contribution in [0.5, 0.6) is 5.75 Å². The van der Waals surface area contributed by atoms with E-state index in [-0.39, 0.29) is 18.0 Å². The summed E-state index contributed by atoms with van der Waals surface area (Å²) in [4.78, 5) is 25.0. The molecule has 3 aromatic rings. The predicted octanol–water partition coefficient (Wildman–Crippen LogP) is 1.91. The molecule has 0 radical (unpaired) electrons. The lowest BCUT2D eigenvalue weighted by Crippen LogP contribution is -2.34. The van der Waals surface area contributed by atoms with Crippen molar-refractivity contribution in [1.82, 2.24) is 20.3 Å². The number of benzene rings is 1. The summed E-state index contributed by atoms with van der Waals surface area (Å²) in [5, 5.41) is 11.6. The van der Waals surface area contributed by atoms with Gasteiger partial charge in [-0.05, 0) is 44.5 Å². The van der Waals surface area contributed by atoms with Gasteiger partial charge in [0.25, 0.3) is 5.56 Å². The van der Waals surface area contributed by atoms with Gasteiger partial charge in [0.15, 0.2) is 5.52 Å². The summed E-state index contributed by atoms with van der Waals surface area (Å²) < 4.78 is 16.8. The topological polar surface area (TPSA) is 108 Å². The van der Waals surface area contributed by atoms with E-state index in [9.17, 15) is 9.59 Å². The van der Waals surface area contributed by atoms with Crippen molar-refractivity contribution in [1.29, 1.82) is 0 Å². The van der Waals surface area contributed by atoms with Crippen LogP contribution in [-0.4, -0.2) is 47.7 Å². The van der Waals surface area contributed by atoms with Crippen molar-refractivity contribution in [3.05, 3.63) is 40.4 Å². The Morgan fingerprint density at radius 3 is 2.72 bits per heavy atom. The SMILES string of the molecule is CCOCCCNC(=O)Cn1nc(-c2ccc(OC)cc2)c2c(C)onc2c1=O. The zero-order valence-corrected chi connectivity index (χ0v) is 16.7. The van der Waals surface area contributed by atoms with E-state index in [1.807, 2.05) is 19.1 Å². The average Bonchev–Trinajstić information content (AvgIpc) is 3.12. The molecule has 0 aliphatic rings. The zero-order chi connectivity index (χ0) is 20.8. The molecule has 2 heterocycles. The summed E-state index contributed by atoms with van der Waals surface area (Å²) in [6, 6.07) is 7.25. The molecule has 0 atom stereocenters. The van der Waals surface area contributed by atoms with Crippen molar-refractivity contribution in [3.63, 3.8) is 0 Å². The Morgan fingerprint density at radius 1 is 1.28 bits per heavy atom. The first-order valence-corrected chi connectivity index (χ1v) is 9.41. The number of carbonyl (C=O) groups excluding carboxylic acids is 1. The second-order valence-electron chi connectivity index (χ2n) is 6.40. The highest BCUT2D eigenvalue weighted by Gasteiger charge is 2.20. The highest BCUT2D eigenvalue weighted by molar-refractivity contribution is 5.93. The van der Waals surface area contributed by atoms with Crippen molar-refractivity contribution in [2.45, 2.75) is 26.8 Å². The Labute approximate surface area is 167 Å². The van der Waals surface area contributed by atoms with Crippen LogP contribution in [0.25, 0.3) is 22.2 Å². The van der Waals surface area contributed by atoms with Crippen LogP contribution in [-0.2, 0) is 16.1 Å². The number of amides is 1. The van der Waals surface area contributed by atoms with Crippen LogP contribution in [0.15, 0.2) is 33.6 Å².